The first kappa shape index (κ1) is 28.2. The van der Waals surface area contributed by atoms with Crippen LogP contribution in [0.1, 0.15) is 64.5 Å². The molecule has 1 aromatic carbocycles. The number of rotatable bonds is 7. The van der Waals surface area contributed by atoms with Crippen LogP contribution in [0.5, 0.6) is 0 Å². The minimum Gasteiger partial charge on any atom is -0.345 e. The van der Waals surface area contributed by atoms with E-state index in [-0.39, 0.29) is 18.1 Å². The van der Waals surface area contributed by atoms with E-state index >= 15 is 0 Å². The number of nitrogens with one attached hydrogen (secondary N) is 1. The van der Waals surface area contributed by atoms with Crippen molar-refractivity contribution in [2.24, 2.45) is 0 Å². The van der Waals surface area contributed by atoms with Crippen molar-refractivity contribution in [3.05, 3.63) is 82.2 Å². The molecule has 7 heteroatoms. The third kappa shape index (κ3) is 6.24. The zero-order valence-electron chi connectivity index (χ0n) is 24.1. The highest BCUT2D eigenvalue weighted by molar-refractivity contribution is 5.93. The number of nitrogens with zero attached hydrogens (tertiary/aromatic N) is 5. The van der Waals surface area contributed by atoms with Crippen LogP contribution in [0.15, 0.2) is 54.3 Å². The first-order chi connectivity index (χ1) is 18.2. The van der Waals surface area contributed by atoms with E-state index in [9.17, 15) is 4.79 Å². The van der Waals surface area contributed by atoms with Crippen molar-refractivity contribution >= 4 is 12.0 Å². The van der Waals surface area contributed by atoms with Crippen molar-refractivity contribution in [1.29, 1.82) is 0 Å². The quantitative estimate of drug-likeness (QED) is 0.554. The van der Waals surface area contributed by atoms with Gasteiger partial charge < -0.3 is 10.2 Å². The van der Waals surface area contributed by atoms with E-state index in [0.717, 1.165) is 43.7 Å². The molecule has 0 radical (unpaired) electrons. The number of carbonyl (C=O) groups excluding carboxylic acids is 1. The number of likely N-dealkylation sites (N-methyl/N-ethyl adjacent to an activating group) is 3. The second kappa shape index (κ2) is 12.3. The molecule has 0 bridgehead atoms. The summed E-state index contributed by atoms with van der Waals surface area (Å²) in [5.41, 5.74) is 7.04. The van der Waals surface area contributed by atoms with Crippen molar-refractivity contribution in [1.82, 2.24) is 30.1 Å². The third-order valence-electron chi connectivity index (χ3n) is 8.10. The lowest BCUT2D eigenvalue weighted by atomic mass is 9.88. The Kier molecular flexibility index (Phi) is 9.15. The summed E-state index contributed by atoms with van der Waals surface area (Å²) in [5, 5.41) is 7.86. The van der Waals surface area contributed by atoms with E-state index in [4.69, 9.17) is 0 Å². The van der Waals surface area contributed by atoms with Crippen molar-refractivity contribution in [2.45, 2.75) is 44.8 Å². The number of aryl methyl sites for hydroxylation is 1. The Morgan fingerprint density at radius 3 is 2.39 bits per heavy atom. The second-order valence-corrected chi connectivity index (χ2v) is 11.0. The molecule has 2 unspecified atom stereocenters. The highest BCUT2D eigenvalue weighted by atomic mass is 16.2. The van der Waals surface area contributed by atoms with Gasteiger partial charge in [-0.05, 0) is 82.1 Å². The number of carbonyl (C=O) groups is 1. The second-order valence-electron chi connectivity index (χ2n) is 11.0. The summed E-state index contributed by atoms with van der Waals surface area (Å²) in [4.78, 5) is 21.0. The normalized spacial score (nSPS) is 22.1. The molecule has 204 valence electrons. The number of piperidine rings is 1. The molecule has 0 saturated carbocycles. The topological polar surface area (TPSA) is 55.0 Å². The number of hydrogen-bond acceptors (Lipinski definition) is 6. The van der Waals surface area contributed by atoms with Gasteiger partial charge in [0.2, 0.25) is 0 Å². The monoisotopic (exact) mass is 516 g/mol. The smallest absolute Gasteiger partial charge is 0.253 e. The molecule has 1 aromatic heterocycles. The molecule has 38 heavy (non-hydrogen) atoms. The van der Waals surface area contributed by atoms with Gasteiger partial charge in [-0.2, -0.15) is 0 Å². The van der Waals surface area contributed by atoms with Crippen LogP contribution >= 0.6 is 0 Å². The SMILES string of the molecule is CNC1C=CC(c2ccnc(C)c2/C=C(\C)CN2CCC(c3ccc(C(=O)N(C)C)cc3)CC2)N(C)N1C. The number of benzene rings is 1. The fourth-order valence-corrected chi connectivity index (χ4v) is 5.71. The van der Waals surface area contributed by atoms with E-state index in [1.807, 2.05) is 25.4 Å². The molecular weight excluding hydrogens is 472 g/mol. The van der Waals surface area contributed by atoms with Crippen LogP contribution in [0.3, 0.4) is 0 Å². The highest BCUT2D eigenvalue weighted by Gasteiger charge is 2.28. The first-order valence-electron chi connectivity index (χ1n) is 13.7. The molecule has 7 nitrogen and oxygen atoms in total. The molecule has 2 aliphatic heterocycles. The number of likely N-dealkylation sites (tertiary alicyclic amines) is 1. The maximum Gasteiger partial charge on any atom is 0.253 e. The molecule has 4 rings (SSSR count). The van der Waals surface area contributed by atoms with Gasteiger partial charge in [-0.15, -0.1) is 0 Å². The molecule has 2 aliphatic rings. The Labute approximate surface area is 228 Å². The van der Waals surface area contributed by atoms with Crippen LogP contribution in [0.4, 0.5) is 0 Å². The average Bonchev–Trinajstić information content (AvgIpc) is 2.91. The van der Waals surface area contributed by atoms with Crippen molar-refractivity contribution in [3.8, 4) is 0 Å². The Morgan fingerprint density at radius 2 is 1.76 bits per heavy atom. The maximum absolute atomic E-state index is 12.2. The fourth-order valence-electron chi connectivity index (χ4n) is 5.71. The van der Waals surface area contributed by atoms with Crippen molar-refractivity contribution in [3.63, 3.8) is 0 Å². The van der Waals surface area contributed by atoms with Crippen LogP contribution < -0.4 is 5.32 Å². The predicted octanol–water partition coefficient (Wildman–Crippen LogP) is 4.31. The zero-order valence-corrected chi connectivity index (χ0v) is 24.1. The average molecular weight is 517 g/mol. The standard InChI is InChI=1S/C31H44N6O/c1-22(20-28-23(2)33-17-14-27(28)29-12-13-30(32-3)36(7)35(29)6)21-37-18-15-25(16-19-37)24-8-10-26(11-9-24)31(38)34(4)5/h8-14,17,20,25,29-30,32H,15-16,18-19,21H2,1-7H3/b22-20+. The summed E-state index contributed by atoms with van der Waals surface area (Å²) in [6.07, 6.45) is 11.3. The molecule has 2 aromatic rings. The van der Waals surface area contributed by atoms with E-state index in [0.29, 0.717) is 5.92 Å². The Morgan fingerprint density at radius 1 is 1.08 bits per heavy atom. The summed E-state index contributed by atoms with van der Waals surface area (Å²) in [5.74, 6) is 0.610. The van der Waals surface area contributed by atoms with Gasteiger partial charge in [0, 0.05) is 57.8 Å². The lowest BCUT2D eigenvalue weighted by Crippen LogP contribution is -2.52. The molecule has 2 atom stereocenters. The third-order valence-corrected chi connectivity index (χ3v) is 8.10. The van der Waals surface area contributed by atoms with Gasteiger partial charge in [-0.3, -0.25) is 14.7 Å². The molecule has 3 heterocycles. The zero-order chi connectivity index (χ0) is 27.4. The van der Waals surface area contributed by atoms with Crippen molar-refractivity contribution < 1.29 is 4.79 Å². The van der Waals surface area contributed by atoms with E-state index in [2.05, 4.69) is 89.6 Å². The fraction of sp³-hybridized carbons (Fsp3) is 0.484. The lowest BCUT2D eigenvalue weighted by Gasteiger charge is -2.42. The summed E-state index contributed by atoms with van der Waals surface area (Å²) in [7, 11) is 9.84. The number of hydrazine groups is 1. The van der Waals surface area contributed by atoms with Crippen LogP contribution in [0, 0.1) is 6.92 Å². The van der Waals surface area contributed by atoms with E-state index in [1.54, 1.807) is 19.0 Å². The molecule has 1 amide bonds. The highest BCUT2D eigenvalue weighted by Crippen LogP contribution is 2.32. The van der Waals surface area contributed by atoms with Gasteiger partial charge in [0.25, 0.3) is 5.91 Å². The number of hydrogen-bond donors (Lipinski definition) is 1. The Hall–Kier alpha value is -2.84. The summed E-state index contributed by atoms with van der Waals surface area (Å²) >= 11 is 0. The number of aromatic nitrogens is 1. The van der Waals surface area contributed by atoms with Crippen LogP contribution in [0.2, 0.25) is 0 Å². The molecule has 1 saturated heterocycles. The molecule has 1 N–H and O–H groups in total. The molecule has 0 aliphatic carbocycles. The van der Waals surface area contributed by atoms with Gasteiger partial charge in [0.15, 0.2) is 0 Å². The van der Waals surface area contributed by atoms with Gasteiger partial charge in [0.05, 0.1) is 12.2 Å². The van der Waals surface area contributed by atoms with Crippen LogP contribution in [-0.2, 0) is 0 Å². The van der Waals surface area contributed by atoms with Gasteiger partial charge in [-0.1, -0.05) is 35.9 Å². The number of pyridine rings is 1. The summed E-state index contributed by atoms with van der Waals surface area (Å²) in [6, 6.07) is 10.6. The number of amides is 1. The molecule has 1 fully saturated rings. The van der Waals surface area contributed by atoms with E-state index < -0.39 is 0 Å². The lowest BCUT2D eigenvalue weighted by molar-refractivity contribution is -0.0397. The van der Waals surface area contributed by atoms with Crippen LogP contribution in [0.25, 0.3) is 6.08 Å². The summed E-state index contributed by atoms with van der Waals surface area (Å²) in [6.45, 7) is 7.48. The molecule has 0 spiro atoms. The Bertz CT molecular complexity index is 1160. The largest absolute Gasteiger partial charge is 0.345 e. The predicted molar refractivity (Wildman–Crippen MR) is 156 cm³/mol. The Balaban J connectivity index is 1.41. The van der Waals surface area contributed by atoms with Gasteiger partial charge in [0.1, 0.15) is 0 Å². The minimum atomic E-state index is 0.0565. The van der Waals surface area contributed by atoms with Gasteiger partial charge >= 0.3 is 0 Å². The summed E-state index contributed by atoms with van der Waals surface area (Å²) < 4.78 is 0. The van der Waals surface area contributed by atoms with Gasteiger partial charge in [-0.25, -0.2) is 10.0 Å². The van der Waals surface area contributed by atoms with Crippen molar-refractivity contribution in [2.75, 3.05) is 54.9 Å². The molecular formula is C31H44N6O. The maximum atomic E-state index is 12.2. The van der Waals surface area contributed by atoms with E-state index in [1.165, 1.54) is 22.3 Å². The van der Waals surface area contributed by atoms with Crippen LogP contribution in [-0.4, -0.2) is 91.7 Å². The first-order valence-corrected chi connectivity index (χ1v) is 13.7. The minimum absolute atomic E-state index is 0.0565.